The molecule has 0 spiro atoms. The van der Waals surface area contributed by atoms with E-state index in [1.165, 1.54) is 0 Å². The van der Waals surface area contributed by atoms with Gasteiger partial charge in [-0.3, -0.25) is 9.69 Å². The van der Waals surface area contributed by atoms with Crippen molar-refractivity contribution in [3.8, 4) is 0 Å². The minimum Gasteiger partial charge on any atom is -0.480 e. The normalized spacial score (nSPS) is 12.1. The Morgan fingerprint density at radius 3 is 2.53 bits per heavy atom. The van der Waals surface area contributed by atoms with Gasteiger partial charge in [-0.1, -0.05) is 19.0 Å². The Balaban J connectivity index is 2.79. The van der Waals surface area contributed by atoms with E-state index in [9.17, 15) is 4.79 Å². The number of aliphatic carboxylic acids is 1. The SMILES string of the molecule is CCc1nc(CN(CC)C(C)(C)C(=O)O)no1. The third-order valence-electron chi connectivity index (χ3n) is 2.84. The molecule has 0 saturated carbocycles. The van der Waals surface area contributed by atoms with Gasteiger partial charge in [0.05, 0.1) is 6.54 Å². The Kier molecular flexibility index (Phi) is 4.22. The van der Waals surface area contributed by atoms with Crippen LogP contribution >= 0.6 is 0 Å². The Bertz CT molecular complexity index is 387. The summed E-state index contributed by atoms with van der Waals surface area (Å²) in [5, 5.41) is 13.0. The molecule has 1 heterocycles. The van der Waals surface area contributed by atoms with E-state index in [1.807, 2.05) is 13.8 Å². The fourth-order valence-corrected chi connectivity index (χ4v) is 1.51. The minimum atomic E-state index is -0.943. The van der Waals surface area contributed by atoms with Crippen LogP contribution in [0.1, 0.15) is 39.4 Å². The number of rotatable bonds is 6. The summed E-state index contributed by atoms with van der Waals surface area (Å²) < 4.78 is 5.00. The van der Waals surface area contributed by atoms with Crippen LogP contribution in [0.5, 0.6) is 0 Å². The molecule has 17 heavy (non-hydrogen) atoms. The number of carbonyl (C=O) groups is 1. The van der Waals surface area contributed by atoms with Gasteiger partial charge in [-0.05, 0) is 20.4 Å². The molecule has 1 aromatic heterocycles. The lowest BCUT2D eigenvalue weighted by molar-refractivity contribution is -0.149. The highest BCUT2D eigenvalue weighted by atomic mass is 16.5. The summed E-state index contributed by atoms with van der Waals surface area (Å²) in [7, 11) is 0. The molecule has 96 valence electrons. The molecule has 0 aromatic carbocycles. The van der Waals surface area contributed by atoms with Crippen molar-refractivity contribution in [2.45, 2.75) is 46.2 Å². The number of hydrogen-bond donors (Lipinski definition) is 1. The highest BCUT2D eigenvalue weighted by molar-refractivity contribution is 5.77. The molecule has 0 aliphatic heterocycles. The molecule has 0 aliphatic carbocycles. The summed E-state index contributed by atoms with van der Waals surface area (Å²) in [4.78, 5) is 17.1. The summed E-state index contributed by atoms with van der Waals surface area (Å²) in [6, 6.07) is 0. The van der Waals surface area contributed by atoms with Crippen LogP contribution in [-0.4, -0.2) is 38.2 Å². The van der Waals surface area contributed by atoms with Crippen molar-refractivity contribution in [3.05, 3.63) is 11.7 Å². The van der Waals surface area contributed by atoms with Crippen LogP contribution < -0.4 is 0 Å². The Morgan fingerprint density at radius 1 is 1.47 bits per heavy atom. The van der Waals surface area contributed by atoms with Gasteiger partial charge in [0.25, 0.3) is 0 Å². The predicted octanol–water partition coefficient (Wildman–Crippen LogP) is 1.32. The maximum Gasteiger partial charge on any atom is 0.323 e. The fraction of sp³-hybridized carbons (Fsp3) is 0.727. The maximum absolute atomic E-state index is 11.2. The zero-order chi connectivity index (χ0) is 13.1. The van der Waals surface area contributed by atoms with Crippen LogP contribution in [-0.2, 0) is 17.8 Å². The van der Waals surface area contributed by atoms with Crippen LogP contribution in [0.3, 0.4) is 0 Å². The number of aromatic nitrogens is 2. The Labute approximate surface area is 101 Å². The van der Waals surface area contributed by atoms with E-state index in [4.69, 9.17) is 9.63 Å². The second kappa shape index (κ2) is 5.27. The zero-order valence-electron chi connectivity index (χ0n) is 10.7. The average molecular weight is 241 g/mol. The lowest BCUT2D eigenvalue weighted by Gasteiger charge is -2.32. The summed E-state index contributed by atoms with van der Waals surface area (Å²) >= 11 is 0. The van der Waals surface area contributed by atoms with Gasteiger partial charge >= 0.3 is 5.97 Å². The molecule has 0 unspecified atom stereocenters. The van der Waals surface area contributed by atoms with Crippen molar-refractivity contribution in [1.82, 2.24) is 15.0 Å². The van der Waals surface area contributed by atoms with E-state index in [1.54, 1.807) is 18.7 Å². The first-order chi connectivity index (χ1) is 7.91. The molecule has 0 amide bonds. The average Bonchev–Trinajstić information content (AvgIpc) is 2.73. The number of hydrogen-bond acceptors (Lipinski definition) is 5. The molecular formula is C11H19N3O3. The van der Waals surface area contributed by atoms with Crippen LogP contribution in [0.2, 0.25) is 0 Å². The molecule has 0 fully saturated rings. The third-order valence-corrected chi connectivity index (χ3v) is 2.84. The molecule has 0 bridgehead atoms. The highest BCUT2D eigenvalue weighted by Gasteiger charge is 2.34. The van der Waals surface area contributed by atoms with Gasteiger partial charge < -0.3 is 9.63 Å². The summed E-state index contributed by atoms with van der Waals surface area (Å²) in [5.74, 6) is 0.237. The van der Waals surface area contributed by atoms with Gasteiger partial charge in [-0.2, -0.15) is 4.98 Å². The minimum absolute atomic E-state index is 0.374. The number of carboxylic acid groups (broad SMARTS) is 1. The van der Waals surface area contributed by atoms with Crippen molar-refractivity contribution >= 4 is 5.97 Å². The van der Waals surface area contributed by atoms with E-state index in [-0.39, 0.29) is 0 Å². The maximum atomic E-state index is 11.2. The van der Waals surface area contributed by atoms with Crippen molar-refractivity contribution in [2.75, 3.05) is 6.54 Å². The molecule has 0 aliphatic rings. The van der Waals surface area contributed by atoms with Gasteiger partial charge in [-0.25, -0.2) is 0 Å². The van der Waals surface area contributed by atoms with E-state index >= 15 is 0 Å². The Morgan fingerprint density at radius 2 is 2.12 bits per heavy atom. The van der Waals surface area contributed by atoms with Crippen LogP contribution in [0.15, 0.2) is 4.52 Å². The largest absolute Gasteiger partial charge is 0.480 e. The summed E-state index contributed by atoms with van der Waals surface area (Å²) in [6.07, 6.45) is 0.682. The second-order valence-electron chi connectivity index (χ2n) is 4.34. The molecular weight excluding hydrogens is 222 g/mol. The van der Waals surface area contributed by atoms with Gasteiger partial charge in [0.15, 0.2) is 5.82 Å². The topological polar surface area (TPSA) is 79.5 Å². The molecule has 1 N–H and O–H groups in total. The fourth-order valence-electron chi connectivity index (χ4n) is 1.51. The van der Waals surface area contributed by atoms with Crippen molar-refractivity contribution in [2.24, 2.45) is 0 Å². The first-order valence-electron chi connectivity index (χ1n) is 5.71. The smallest absolute Gasteiger partial charge is 0.323 e. The van der Waals surface area contributed by atoms with Crippen LogP contribution in [0.4, 0.5) is 0 Å². The summed E-state index contributed by atoms with van der Waals surface area (Å²) in [6.45, 7) is 8.15. The first-order valence-corrected chi connectivity index (χ1v) is 5.71. The van der Waals surface area contributed by atoms with Gasteiger partial charge in [0.1, 0.15) is 5.54 Å². The van der Waals surface area contributed by atoms with Crippen molar-refractivity contribution in [1.29, 1.82) is 0 Å². The van der Waals surface area contributed by atoms with E-state index in [2.05, 4.69) is 10.1 Å². The molecule has 0 radical (unpaired) electrons. The Hall–Kier alpha value is -1.43. The molecule has 1 aromatic rings. The lowest BCUT2D eigenvalue weighted by Crippen LogP contribution is -2.49. The van der Waals surface area contributed by atoms with Gasteiger partial charge in [0, 0.05) is 6.42 Å². The number of aryl methyl sites for hydroxylation is 1. The molecule has 1 rings (SSSR count). The summed E-state index contributed by atoms with van der Waals surface area (Å²) in [5.41, 5.74) is -0.943. The number of carboxylic acids is 1. The number of likely N-dealkylation sites (N-methyl/N-ethyl adjacent to an activating group) is 1. The zero-order valence-corrected chi connectivity index (χ0v) is 10.7. The van der Waals surface area contributed by atoms with E-state index in [0.29, 0.717) is 31.2 Å². The van der Waals surface area contributed by atoms with Crippen molar-refractivity contribution < 1.29 is 14.4 Å². The van der Waals surface area contributed by atoms with Crippen LogP contribution in [0.25, 0.3) is 0 Å². The monoisotopic (exact) mass is 241 g/mol. The molecule has 0 atom stereocenters. The molecule has 6 heteroatoms. The van der Waals surface area contributed by atoms with Gasteiger partial charge in [0.2, 0.25) is 5.89 Å². The first kappa shape index (κ1) is 13.6. The number of nitrogens with zero attached hydrogens (tertiary/aromatic N) is 3. The molecule has 0 saturated heterocycles. The third kappa shape index (κ3) is 3.03. The highest BCUT2D eigenvalue weighted by Crippen LogP contribution is 2.17. The van der Waals surface area contributed by atoms with E-state index in [0.717, 1.165) is 0 Å². The molecule has 6 nitrogen and oxygen atoms in total. The standard InChI is InChI=1S/C11H19N3O3/c1-5-9-12-8(13-17-9)7-14(6-2)11(3,4)10(15)16/h5-7H2,1-4H3,(H,15,16). The second-order valence-corrected chi connectivity index (χ2v) is 4.34. The lowest BCUT2D eigenvalue weighted by atomic mass is 10.0. The van der Waals surface area contributed by atoms with E-state index < -0.39 is 11.5 Å². The predicted molar refractivity (Wildman–Crippen MR) is 61.5 cm³/mol. The quantitative estimate of drug-likeness (QED) is 0.809. The van der Waals surface area contributed by atoms with Gasteiger partial charge in [-0.15, -0.1) is 0 Å². The van der Waals surface area contributed by atoms with Crippen LogP contribution in [0, 0.1) is 0 Å². The van der Waals surface area contributed by atoms with Crippen molar-refractivity contribution in [3.63, 3.8) is 0 Å².